The predicted molar refractivity (Wildman–Crippen MR) is 102 cm³/mol. The van der Waals surface area contributed by atoms with Gasteiger partial charge < -0.3 is 15.4 Å². The van der Waals surface area contributed by atoms with Crippen molar-refractivity contribution in [2.24, 2.45) is 4.99 Å². The van der Waals surface area contributed by atoms with E-state index in [2.05, 4.69) is 49.8 Å². The second-order valence-corrected chi connectivity index (χ2v) is 7.49. The second-order valence-electron chi connectivity index (χ2n) is 4.94. The van der Waals surface area contributed by atoms with E-state index in [1.165, 1.54) is 14.2 Å². The largest absolute Gasteiger partial charge is 0.496 e. The minimum Gasteiger partial charge on any atom is -0.496 e. The third kappa shape index (κ3) is 5.88. The summed E-state index contributed by atoms with van der Waals surface area (Å²) in [6.45, 7) is 1.67. The Bertz CT molecular complexity index is 642. The van der Waals surface area contributed by atoms with Crippen LogP contribution in [0.25, 0.3) is 0 Å². The van der Waals surface area contributed by atoms with Gasteiger partial charge in [0.2, 0.25) is 0 Å². The van der Waals surface area contributed by atoms with Gasteiger partial charge in [-0.3, -0.25) is 4.99 Å². The molecule has 0 amide bonds. The fourth-order valence-corrected chi connectivity index (χ4v) is 3.72. The first-order valence-corrected chi connectivity index (χ1v) is 9.14. The number of benzene rings is 1. The summed E-state index contributed by atoms with van der Waals surface area (Å²) in [6, 6.07) is 12.3. The minimum atomic E-state index is 0.810. The van der Waals surface area contributed by atoms with Gasteiger partial charge in [-0.25, -0.2) is 0 Å². The van der Waals surface area contributed by atoms with Gasteiger partial charge in [-0.1, -0.05) is 18.2 Å². The van der Waals surface area contributed by atoms with Gasteiger partial charge in [-0.2, -0.15) is 0 Å². The molecule has 0 saturated heterocycles. The average Bonchev–Trinajstić information content (AvgIpc) is 2.99. The van der Waals surface area contributed by atoms with Crippen molar-refractivity contribution >= 4 is 33.2 Å². The van der Waals surface area contributed by atoms with Crippen molar-refractivity contribution in [1.82, 2.24) is 10.6 Å². The Hall–Kier alpha value is -1.53. The van der Waals surface area contributed by atoms with Crippen LogP contribution in [-0.4, -0.2) is 33.2 Å². The molecule has 0 unspecified atom stereocenters. The van der Waals surface area contributed by atoms with Crippen molar-refractivity contribution in [2.45, 2.75) is 12.8 Å². The summed E-state index contributed by atoms with van der Waals surface area (Å²) in [7, 11) is 3.50. The van der Waals surface area contributed by atoms with Crippen molar-refractivity contribution in [2.75, 3.05) is 27.2 Å². The molecule has 1 aromatic heterocycles. The van der Waals surface area contributed by atoms with Crippen LogP contribution in [0.15, 0.2) is 45.2 Å². The van der Waals surface area contributed by atoms with Crippen LogP contribution in [0, 0.1) is 0 Å². The number of para-hydroxylation sites is 1. The van der Waals surface area contributed by atoms with Crippen LogP contribution >= 0.6 is 27.3 Å². The highest BCUT2D eigenvalue weighted by molar-refractivity contribution is 9.11. The molecule has 0 aliphatic heterocycles. The van der Waals surface area contributed by atoms with Crippen molar-refractivity contribution in [3.05, 3.63) is 50.6 Å². The van der Waals surface area contributed by atoms with E-state index in [1.807, 2.05) is 18.2 Å². The molecule has 1 aromatic carbocycles. The molecule has 2 rings (SSSR count). The van der Waals surface area contributed by atoms with Crippen LogP contribution < -0.4 is 15.4 Å². The van der Waals surface area contributed by atoms with Crippen molar-refractivity contribution in [3.8, 4) is 5.75 Å². The minimum absolute atomic E-state index is 0.810. The number of ether oxygens (including phenoxy) is 1. The van der Waals surface area contributed by atoms with Gasteiger partial charge in [-0.05, 0) is 52.5 Å². The Morgan fingerprint density at radius 2 is 1.87 bits per heavy atom. The third-order valence-electron chi connectivity index (χ3n) is 3.40. The van der Waals surface area contributed by atoms with Gasteiger partial charge in [0.05, 0.1) is 10.9 Å². The maximum Gasteiger partial charge on any atom is 0.190 e. The van der Waals surface area contributed by atoms with E-state index < -0.39 is 0 Å². The molecule has 2 aromatic rings. The number of methoxy groups -OCH3 is 1. The van der Waals surface area contributed by atoms with E-state index >= 15 is 0 Å². The zero-order valence-corrected chi connectivity index (χ0v) is 15.8. The number of nitrogens with one attached hydrogen (secondary N) is 2. The number of hydrogen-bond acceptors (Lipinski definition) is 3. The molecule has 1 heterocycles. The summed E-state index contributed by atoms with van der Waals surface area (Å²) in [5.41, 5.74) is 1.20. The van der Waals surface area contributed by atoms with Crippen molar-refractivity contribution in [1.29, 1.82) is 0 Å². The van der Waals surface area contributed by atoms with Crippen LogP contribution in [0.2, 0.25) is 0 Å². The summed E-state index contributed by atoms with van der Waals surface area (Å²) in [6.07, 6.45) is 1.88. The lowest BCUT2D eigenvalue weighted by atomic mass is 10.1. The molecular weight excluding hydrogens is 374 g/mol. The van der Waals surface area contributed by atoms with Crippen LogP contribution in [0.1, 0.15) is 10.4 Å². The molecule has 124 valence electrons. The summed E-state index contributed by atoms with van der Waals surface area (Å²) in [5.74, 6) is 1.76. The standard InChI is InChI=1S/C17H22BrN3OS/c1-19-17(21-12-10-14-7-8-16(18)23-14)20-11-9-13-5-3-4-6-15(13)22-2/h3-8H,9-12H2,1-2H3,(H2,19,20,21). The molecule has 0 bridgehead atoms. The van der Waals surface area contributed by atoms with Crippen molar-refractivity contribution < 1.29 is 4.74 Å². The lowest BCUT2D eigenvalue weighted by Gasteiger charge is -2.12. The normalized spacial score (nSPS) is 11.3. The van der Waals surface area contributed by atoms with E-state index in [1.54, 1.807) is 25.5 Å². The van der Waals surface area contributed by atoms with E-state index in [9.17, 15) is 0 Å². The Morgan fingerprint density at radius 3 is 2.52 bits per heavy atom. The molecule has 0 atom stereocenters. The lowest BCUT2D eigenvalue weighted by Crippen LogP contribution is -2.39. The number of aliphatic imine (C=N–C) groups is 1. The summed E-state index contributed by atoms with van der Waals surface area (Å²) in [5, 5.41) is 6.68. The van der Waals surface area contributed by atoms with Gasteiger partial charge in [0.15, 0.2) is 5.96 Å². The molecular formula is C17H22BrN3OS. The zero-order chi connectivity index (χ0) is 16.5. The fourth-order valence-electron chi connectivity index (χ4n) is 2.24. The summed E-state index contributed by atoms with van der Waals surface area (Å²) >= 11 is 5.26. The highest BCUT2D eigenvalue weighted by Gasteiger charge is 2.03. The molecule has 0 aliphatic carbocycles. The smallest absolute Gasteiger partial charge is 0.190 e. The van der Waals surface area contributed by atoms with Crippen LogP contribution in [-0.2, 0) is 12.8 Å². The topological polar surface area (TPSA) is 45.7 Å². The molecule has 0 radical (unpaired) electrons. The highest BCUT2D eigenvalue weighted by Crippen LogP contribution is 2.22. The second kappa shape index (κ2) is 9.57. The average molecular weight is 396 g/mol. The van der Waals surface area contributed by atoms with Gasteiger partial charge >= 0.3 is 0 Å². The van der Waals surface area contributed by atoms with Gasteiger partial charge in [0.25, 0.3) is 0 Å². The molecule has 2 N–H and O–H groups in total. The molecule has 0 spiro atoms. The first-order valence-electron chi connectivity index (χ1n) is 7.53. The molecule has 0 saturated carbocycles. The number of nitrogens with zero attached hydrogens (tertiary/aromatic N) is 1. The maximum absolute atomic E-state index is 5.37. The molecule has 0 aliphatic rings. The summed E-state index contributed by atoms with van der Waals surface area (Å²) in [4.78, 5) is 5.61. The SMILES string of the molecule is CN=C(NCCc1ccc(Br)s1)NCCc1ccccc1OC. The van der Waals surface area contributed by atoms with E-state index in [0.717, 1.165) is 37.6 Å². The van der Waals surface area contributed by atoms with Gasteiger partial charge in [-0.15, -0.1) is 11.3 Å². The number of rotatable bonds is 7. The lowest BCUT2D eigenvalue weighted by molar-refractivity contribution is 0.409. The first kappa shape index (κ1) is 17.8. The van der Waals surface area contributed by atoms with Crippen LogP contribution in [0.4, 0.5) is 0 Å². The number of halogens is 1. The maximum atomic E-state index is 5.37. The first-order chi connectivity index (χ1) is 11.2. The van der Waals surface area contributed by atoms with Gasteiger partial charge in [0, 0.05) is 25.0 Å². The number of thiophene rings is 1. The molecule has 0 fully saturated rings. The zero-order valence-electron chi connectivity index (χ0n) is 13.4. The third-order valence-corrected chi connectivity index (χ3v) is 5.08. The Morgan fingerprint density at radius 1 is 1.13 bits per heavy atom. The monoisotopic (exact) mass is 395 g/mol. The van der Waals surface area contributed by atoms with Crippen LogP contribution in [0.5, 0.6) is 5.75 Å². The van der Waals surface area contributed by atoms with Gasteiger partial charge in [0.1, 0.15) is 5.75 Å². The van der Waals surface area contributed by atoms with E-state index in [4.69, 9.17) is 4.74 Å². The van der Waals surface area contributed by atoms with Crippen molar-refractivity contribution in [3.63, 3.8) is 0 Å². The molecule has 6 heteroatoms. The Kier molecular flexibility index (Phi) is 7.42. The van der Waals surface area contributed by atoms with E-state index in [-0.39, 0.29) is 0 Å². The quantitative estimate of drug-likeness (QED) is 0.557. The number of hydrogen-bond donors (Lipinski definition) is 2. The van der Waals surface area contributed by atoms with Crippen LogP contribution in [0.3, 0.4) is 0 Å². The number of guanidine groups is 1. The molecule has 23 heavy (non-hydrogen) atoms. The molecule has 4 nitrogen and oxygen atoms in total. The summed E-state index contributed by atoms with van der Waals surface area (Å²) < 4.78 is 6.54. The fraction of sp³-hybridized carbons (Fsp3) is 0.353. The predicted octanol–water partition coefficient (Wildman–Crippen LogP) is 3.47. The Labute approximate surface area is 150 Å². The Balaban J connectivity index is 1.72. The van der Waals surface area contributed by atoms with E-state index in [0.29, 0.717) is 0 Å². The highest BCUT2D eigenvalue weighted by atomic mass is 79.9.